The van der Waals surface area contributed by atoms with Gasteiger partial charge in [0.05, 0.1) is 4.58 Å². The van der Waals surface area contributed by atoms with Crippen LogP contribution in [0.5, 0.6) is 0 Å². The molecule has 1 rings (SSSR count). The zero-order chi connectivity index (χ0) is 10.6. The zero-order valence-corrected chi connectivity index (χ0v) is 10.8. The molecule has 0 unspecified atom stereocenters. The molecule has 0 saturated carbocycles. The first-order valence-corrected chi connectivity index (χ1v) is 7.14. The number of rotatable bonds is 4. The van der Waals surface area contributed by atoms with Gasteiger partial charge in [-0.05, 0) is 31.1 Å². The van der Waals surface area contributed by atoms with Crippen molar-refractivity contribution in [3.8, 4) is 0 Å². The van der Waals surface area contributed by atoms with Crippen LogP contribution < -0.4 is 5.32 Å². The summed E-state index contributed by atoms with van der Waals surface area (Å²) in [6, 6.07) is 6.57. The maximum atomic E-state index is 3.25. The summed E-state index contributed by atoms with van der Waals surface area (Å²) in [5, 5.41) is 3.25. The maximum Gasteiger partial charge on any atom is 0.0765 e. The molecule has 0 spiro atoms. The van der Waals surface area contributed by atoms with Crippen LogP contribution in [-0.4, -0.2) is 19.6 Å². The molecule has 0 saturated heterocycles. The summed E-state index contributed by atoms with van der Waals surface area (Å²) in [7, 11) is 1.98. The largest absolute Gasteiger partial charge is 0.388 e. The minimum atomic E-state index is 0.525. The number of nitrogens with one attached hydrogen (secondary N) is 1. The van der Waals surface area contributed by atoms with Crippen LogP contribution in [0.1, 0.15) is 15.7 Å². The lowest BCUT2D eigenvalue weighted by Crippen LogP contribution is -1.97. The first-order valence-electron chi connectivity index (χ1n) is 4.56. The van der Waals surface area contributed by atoms with Gasteiger partial charge >= 0.3 is 0 Å². The summed E-state index contributed by atoms with van der Waals surface area (Å²) in [5.41, 5.74) is 3.96. The maximum absolute atomic E-state index is 3.25. The fourth-order valence-electron chi connectivity index (χ4n) is 1.45. The van der Waals surface area contributed by atoms with Gasteiger partial charge in [0.2, 0.25) is 0 Å². The summed E-state index contributed by atoms with van der Waals surface area (Å²) in [4.78, 5) is 0. The van der Waals surface area contributed by atoms with Gasteiger partial charge in [-0.2, -0.15) is 0 Å². The Balaban J connectivity index is 3.08. The van der Waals surface area contributed by atoms with Gasteiger partial charge in [0.1, 0.15) is 0 Å². The highest BCUT2D eigenvalue weighted by Crippen LogP contribution is 2.40. The highest BCUT2D eigenvalue weighted by molar-refractivity contribution is 8.15. The van der Waals surface area contributed by atoms with Gasteiger partial charge in [-0.25, -0.2) is 0 Å². The Morgan fingerprint density at radius 3 is 2.36 bits per heavy atom. The minimum Gasteiger partial charge on any atom is -0.388 e. The Hall–Kier alpha value is -0.280. The van der Waals surface area contributed by atoms with E-state index in [0.717, 1.165) is 0 Å². The normalized spacial score (nSPS) is 10.6. The third-order valence-corrected chi connectivity index (χ3v) is 4.68. The van der Waals surface area contributed by atoms with Gasteiger partial charge in [-0.1, -0.05) is 17.7 Å². The third-order valence-electron chi connectivity index (χ3n) is 2.16. The van der Waals surface area contributed by atoms with Crippen molar-refractivity contribution in [3.05, 3.63) is 29.3 Å². The molecule has 0 radical (unpaired) electrons. The van der Waals surface area contributed by atoms with E-state index in [1.165, 1.54) is 16.8 Å². The number of thioether (sulfide) groups is 2. The van der Waals surface area contributed by atoms with E-state index < -0.39 is 0 Å². The molecule has 0 aromatic heterocycles. The van der Waals surface area contributed by atoms with Crippen LogP contribution in [0.15, 0.2) is 18.2 Å². The van der Waals surface area contributed by atoms with E-state index in [-0.39, 0.29) is 0 Å². The van der Waals surface area contributed by atoms with Crippen molar-refractivity contribution < 1.29 is 0 Å². The molecule has 3 heteroatoms. The smallest absolute Gasteiger partial charge is 0.0765 e. The van der Waals surface area contributed by atoms with Gasteiger partial charge in [0.15, 0.2) is 0 Å². The number of hydrogen-bond donors (Lipinski definition) is 1. The lowest BCUT2D eigenvalue weighted by Gasteiger charge is -2.17. The molecule has 1 aromatic carbocycles. The molecule has 0 heterocycles. The van der Waals surface area contributed by atoms with Gasteiger partial charge < -0.3 is 5.32 Å². The molecule has 78 valence electrons. The van der Waals surface area contributed by atoms with Crippen LogP contribution in [0, 0.1) is 6.92 Å². The molecule has 14 heavy (non-hydrogen) atoms. The summed E-state index contributed by atoms with van der Waals surface area (Å²) in [6.07, 6.45) is 4.31. The Morgan fingerprint density at radius 1 is 1.21 bits per heavy atom. The first-order chi connectivity index (χ1) is 6.72. The van der Waals surface area contributed by atoms with Crippen molar-refractivity contribution in [1.29, 1.82) is 0 Å². The Labute approximate surface area is 95.1 Å². The Kier molecular flexibility index (Phi) is 4.69. The molecule has 1 nitrogen and oxygen atoms in total. The lowest BCUT2D eigenvalue weighted by molar-refractivity contribution is 1.31. The zero-order valence-electron chi connectivity index (χ0n) is 9.13. The van der Waals surface area contributed by atoms with E-state index in [0.29, 0.717) is 4.58 Å². The standard InChI is InChI=1S/C11H17NS2/c1-8-5-6-10(12-2)9(7-8)11(13-3)14-4/h5-7,11-12H,1-4H3. The van der Waals surface area contributed by atoms with Crippen LogP contribution in [0.25, 0.3) is 0 Å². The summed E-state index contributed by atoms with van der Waals surface area (Å²) >= 11 is 3.77. The molecule has 0 amide bonds. The van der Waals surface area contributed by atoms with Crippen molar-refractivity contribution >= 4 is 29.2 Å². The second-order valence-corrected chi connectivity index (χ2v) is 5.33. The van der Waals surface area contributed by atoms with E-state index in [1.807, 2.05) is 30.6 Å². The van der Waals surface area contributed by atoms with Crippen LogP contribution in [0.2, 0.25) is 0 Å². The number of benzene rings is 1. The number of hydrogen-bond acceptors (Lipinski definition) is 3. The van der Waals surface area contributed by atoms with Crippen LogP contribution in [0.3, 0.4) is 0 Å². The molecule has 0 aliphatic heterocycles. The van der Waals surface area contributed by atoms with Crippen LogP contribution in [0.4, 0.5) is 5.69 Å². The van der Waals surface area contributed by atoms with E-state index in [1.54, 1.807) is 0 Å². The summed E-state index contributed by atoms with van der Waals surface area (Å²) in [5.74, 6) is 0. The SMILES string of the molecule is CNc1ccc(C)cc1C(SC)SC. The minimum absolute atomic E-state index is 0.525. The Morgan fingerprint density at radius 2 is 1.86 bits per heavy atom. The quantitative estimate of drug-likeness (QED) is 0.787. The number of anilines is 1. The molecular weight excluding hydrogens is 210 g/mol. The first kappa shape index (κ1) is 11.8. The molecule has 1 N–H and O–H groups in total. The average molecular weight is 227 g/mol. The van der Waals surface area contributed by atoms with E-state index >= 15 is 0 Å². The highest BCUT2D eigenvalue weighted by atomic mass is 32.2. The van der Waals surface area contributed by atoms with Crippen molar-refractivity contribution in [2.24, 2.45) is 0 Å². The van der Waals surface area contributed by atoms with Crippen LogP contribution in [-0.2, 0) is 0 Å². The molecule has 0 aliphatic rings. The molecule has 0 atom stereocenters. The summed E-state index contributed by atoms with van der Waals surface area (Å²) in [6.45, 7) is 2.14. The second-order valence-electron chi connectivity index (χ2n) is 3.14. The summed E-state index contributed by atoms with van der Waals surface area (Å²) < 4.78 is 0.525. The predicted molar refractivity (Wildman–Crippen MR) is 70.5 cm³/mol. The van der Waals surface area contributed by atoms with Gasteiger partial charge in [-0.3, -0.25) is 0 Å². The lowest BCUT2D eigenvalue weighted by atomic mass is 10.1. The molecule has 0 bridgehead atoms. The molecule has 0 fully saturated rings. The van der Waals surface area contributed by atoms with Gasteiger partial charge in [-0.15, -0.1) is 23.5 Å². The molecular formula is C11H17NS2. The van der Waals surface area contributed by atoms with E-state index in [2.05, 4.69) is 43.0 Å². The molecule has 0 aliphatic carbocycles. The Bertz CT molecular complexity index is 295. The monoisotopic (exact) mass is 227 g/mol. The number of aryl methyl sites for hydroxylation is 1. The molecule has 1 aromatic rings. The predicted octanol–water partition coefficient (Wildman–Crippen LogP) is 3.76. The van der Waals surface area contributed by atoms with Crippen LogP contribution >= 0.6 is 23.5 Å². The fraction of sp³-hybridized carbons (Fsp3) is 0.455. The van der Waals surface area contributed by atoms with Crippen molar-refractivity contribution in [1.82, 2.24) is 0 Å². The third kappa shape index (κ3) is 2.61. The van der Waals surface area contributed by atoms with Gasteiger partial charge in [0.25, 0.3) is 0 Å². The van der Waals surface area contributed by atoms with E-state index in [4.69, 9.17) is 0 Å². The van der Waals surface area contributed by atoms with Gasteiger partial charge in [0, 0.05) is 12.7 Å². The fourth-order valence-corrected chi connectivity index (χ4v) is 3.12. The highest BCUT2D eigenvalue weighted by Gasteiger charge is 2.12. The van der Waals surface area contributed by atoms with Crippen molar-refractivity contribution in [3.63, 3.8) is 0 Å². The van der Waals surface area contributed by atoms with E-state index in [9.17, 15) is 0 Å². The van der Waals surface area contributed by atoms with Crippen molar-refractivity contribution in [2.75, 3.05) is 24.9 Å². The second kappa shape index (κ2) is 5.56. The average Bonchev–Trinajstić information content (AvgIpc) is 2.20. The van der Waals surface area contributed by atoms with Crippen molar-refractivity contribution in [2.45, 2.75) is 11.5 Å². The topological polar surface area (TPSA) is 12.0 Å².